The molecule has 5 nitrogen and oxygen atoms in total. The molecule has 1 aromatic carbocycles. The molecule has 0 spiro atoms. The fraction of sp³-hybridized carbons (Fsp3) is 0.600. The Morgan fingerprint density at radius 1 is 1.15 bits per heavy atom. The van der Waals surface area contributed by atoms with E-state index in [1.807, 2.05) is 6.07 Å². The van der Waals surface area contributed by atoms with Crippen molar-refractivity contribution in [2.24, 2.45) is 5.92 Å². The van der Waals surface area contributed by atoms with Gasteiger partial charge in [0.25, 0.3) is 6.10 Å². The fourth-order valence-electron chi connectivity index (χ4n) is 5.45. The van der Waals surface area contributed by atoms with E-state index in [1.54, 1.807) is 0 Å². The van der Waals surface area contributed by atoms with Gasteiger partial charge in [0, 0.05) is 11.1 Å². The summed E-state index contributed by atoms with van der Waals surface area (Å²) in [5.74, 6) is 0.331. The van der Waals surface area contributed by atoms with Crippen LogP contribution in [0.1, 0.15) is 58.9 Å². The largest absolute Gasteiger partial charge is 0.335 e. The highest BCUT2D eigenvalue weighted by Crippen LogP contribution is 2.60. The Morgan fingerprint density at radius 3 is 2.54 bits per heavy atom. The first-order chi connectivity index (χ1) is 12.1. The second-order valence-electron chi connectivity index (χ2n) is 8.61. The van der Waals surface area contributed by atoms with Crippen LogP contribution in [-0.4, -0.2) is 11.6 Å². The Hall–Kier alpha value is -1.11. The summed E-state index contributed by atoms with van der Waals surface area (Å²) in [6.45, 7) is 8.97. The van der Waals surface area contributed by atoms with Crippen molar-refractivity contribution in [1.29, 1.82) is 0 Å². The van der Waals surface area contributed by atoms with Crippen LogP contribution in [0.25, 0.3) is 0 Å². The van der Waals surface area contributed by atoms with Gasteiger partial charge in [-0.1, -0.05) is 39.0 Å². The summed E-state index contributed by atoms with van der Waals surface area (Å²) in [5, 5.41) is 0. The van der Waals surface area contributed by atoms with E-state index in [1.165, 1.54) is 11.1 Å². The Labute approximate surface area is 157 Å². The third kappa shape index (κ3) is 2.45. The molecule has 0 N–H and O–H groups in total. The maximum absolute atomic E-state index is 11.4. The van der Waals surface area contributed by atoms with Gasteiger partial charge < -0.3 is 4.90 Å². The van der Waals surface area contributed by atoms with Gasteiger partial charge in [0.1, 0.15) is 0 Å². The summed E-state index contributed by atoms with van der Waals surface area (Å²) in [5.41, 5.74) is 4.21. The number of benzene rings is 1. The van der Waals surface area contributed by atoms with Crippen molar-refractivity contribution >= 4 is 5.69 Å². The average Bonchev–Trinajstić information content (AvgIpc) is 2.71. The first kappa shape index (κ1) is 18.3. The van der Waals surface area contributed by atoms with E-state index in [0.29, 0.717) is 12.3 Å². The Morgan fingerprint density at radius 2 is 1.85 bits per heavy atom. The molecule has 2 heterocycles. The number of fused-ring (bicyclic) bond motifs is 4. The summed E-state index contributed by atoms with van der Waals surface area (Å²) in [6, 6.07) is 8.32. The monoisotopic (exact) mass is 379 g/mol. The minimum atomic E-state index is -4.46. The van der Waals surface area contributed by atoms with Crippen LogP contribution in [0.2, 0.25) is 0 Å². The maximum atomic E-state index is 11.4. The first-order valence-corrected chi connectivity index (χ1v) is 10.5. The van der Waals surface area contributed by atoms with Crippen molar-refractivity contribution in [3.8, 4) is 0 Å². The van der Waals surface area contributed by atoms with E-state index in [0.717, 1.165) is 30.6 Å². The van der Waals surface area contributed by atoms with Gasteiger partial charge in [-0.15, -0.1) is 0 Å². The van der Waals surface area contributed by atoms with Gasteiger partial charge in [0.05, 0.1) is 25.8 Å². The summed E-state index contributed by atoms with van der Waals surface area (Å²) in [7, 11) is -4.46. The molecule has 0 bridgehead atoms. The number of halogens is 1. The summed E-state index contributed by atoms with van der Waals surface area (Å²) >= 11 is 0. The smallest absolute Gasteiger partial charge is 0.253 e. The molecule has 0 aromatic heterocycles. The second-order valence-corrected chi connectivity index (χ2v) is 9.55. The number of para-hydroxylation sites is 1. The normalized spacial score (nSPS) is 33.0. The first-order valence-electron chi connectivity index (χ1n) is 9.28. The van der Waals surface area contributed by atoms with Crippen LogP contribution in [0.15, 0.2) is 35.5 Å². The topological polar surface area (TPSA) is 81.7 Å². The van der Waals surface area contributed by atoms with Crippen LogP contribution in [0.4, 0.5) is 5.69 Å². The Kier molecular flexibility index (Phi) is 4.00. The van der Waals surface area contributed by atoms with Crippen molar-refractivity contribution in [2.75, 3.05) is 4.90 Å². The third-order valence-corrected chi connectivity index (χ3v) is 7.39. The molecule has 0 saturated carbocycles. The highest BCUT2D eigenvalue weighted by Gasteiger charge is 2.60. The van der Waals surface area contributed by atoms with Crippen LogP contribution in [0.5, 0.6) is 0 Å². The molecule has 1 aliphatic carbocycles. The molecule has 0 saturated heterocycles. The SMILES string of the molecule is CC1CC2(C)N(C3=C1CCCC3O[Cl+3]([O-])([O-])[O-])c1ccccc1C2(C)C. The molecule has 0 amide bonds. The average molecular weight is 380 g/mol. The molecular weight excluding hydrogens is 354 g/mol. The number of hydrogen-bond donors (Lipinski definition) is 0. The molecule has 6 heteroatoms. The van der Waals surface area contributed by atoms with Gasteiger partial charge in [-0.2, -0.15) is 14.0 Å². The Bertz CT molecular complexity index is 769. The van der Waals surface area contributed by atoms with E-state index in [9.17, 15) is 14.0 Å². The quantitative estimate of drug-likeness (QED) is 0.773. The molecule has 4 rings (SSSR count). The number of anilines is 1. The lowest BCUT2D eigenvalue weighted by molar-refractivity contribution is -1.92. The zero-order valence-corrected chi connectivity index (χ0v) is 16.5. The second kappa shape index (κ2) is 5.69. The van der Waals surface area contributed by atoms with Gasteiger partial charge in [0.15, 0.2) is 0 Å². The fourth-order valence-corrected chi connectivity index (χ4v) is 5.89. The summed E-state index contributed by atoms with van der Waals surface area (Å²) < 4.78 is 39.1. The lowest BCUT2D eigenvalue weighted by Crippen LogP contribution is -2.64. The molecule has 3 atom stereocenters. The zero-order valence-electron chi connectivity index (χ0n) is 15.8. The van der Waals surface area contributed by atoms with Gasteiger partial charge >= 0.3 is 0 Å². The molecule has 2 aliphatic heterocycles. The lowest BCUT2D eigenvalue weighted by Gasteiger charge is -2.53. The zero-order chi connectivity index (χ0) is 18.9. The molecule has 26 heavy (non-hydrogen) atoms. The van der Waals surface area contributed by atoms with Crippen molar-refractivity contribution in [1.82, 2.24) is 0 Å². The lowest BCUT2D eigenvalue weighted by atomic mass is 9.64. The van der Waals surface area contributed by atoms with Crippen LogP contribution < -0.4 is 18.9 Å². The minimum Gasteiger partial charge on any atom is -0.335 e. The van der Waals surface area contributed by atoms with Crippen LogP contribution in [-0.2, 0) is 9.70 Å². The van der Waals surface area contributed by atoms with Crippen LogP contribution in [0, 0.1) is 16.2 Å². The Balaban J connectivity index is 1.92. The highest BCUT2D eigenvalue weighted by atomic mass is 35.7. The number of rotatable bonds is 2. The molecular formula is C20H26ClNO4. The third-order valence-electron chi connectivity index (χ3n) is 6.96. The van der Waals surface area contributed by atoms with Gasteiger partial charge in [-0.25, -0.2) is 0 Å². The predicted molar refractivity (Wildman–Crippen MR) is 89.9 cm³/mol. The molecule has 142 valence electrons. The summed E-state index contributed by atoms with van der Waals surface area (Å²) in [6.07, 6.45) is 2.61. The predicted octanol–water partition coefficient (Wildman–Crippen LogP) is 1.30. The van der Waals surface area contributed by atoms with E-state index in [2.05, 4.69) is 50.8 Å². The van der Waals surface area contributed by atoms with Gasteiger partial charge in [-0.05, 0) is 55.7 Å². The number of allylic oxidation sites excluding steroid dienone is 1. The highest BCUT2D eigenvalue weighted by molar-refractivity contribution is 5.72. The van der Waals surface area contributed by atoms with Crippen molar-refractivity contribution < 1.29 is 28.5 Å². The molecule has 1 aromatic rings. The molecule has 3 unspecified atom stereocenters. The van der Waals surface area contributed by atoms with Crippen LogP contribution in [0.3, 0.4) is 0 Å². The molecule has 3 aliphatic rings. The van der Waals surface area contributed by atoms with E-state index in [-0.39, 0.29) is 11.0 Å². The maximum Gasteiger partial charge on any atom is 0.253 e. The van der Waals surface area contributed by atoms with E-state index >= 15 is 0 Å². The standard InChI is InChI=1S/C20H26ClNO4/c1-13-12-20(4)19(2,3)15-9-5-6-10-16(15)22(20)18-14(13)8-7-11-17(18)26-21(23,24)25/h5-6,9-10,13,17H,7-8,11-12H2,1-4H3. The number of hydrogen-bond acceptors (Lipinski definition) is 5. The van der Waals surface area contributed by atoms with Gasteiger partial charge in [-0.3, -0.25) is 0 Å². The van der Waals surface area contributed by atoms with Crippen molar-refractivity contribution in [3.63, 3.8) is 0 Å². The summed E-state index contributed by atoms with van der Waals surface area (Å²) in [4.78, 5) is 2.29. The van der Waals surface area contributed by atoms with E-state index in [4.69, 9.17) is 4.29 Å². The van der Waals surface area contributed by atoms with Gasteiger partial charge in [0.2, 0.25) is 0 Å². The number of nitrogens with zero attached hydrogens (tertiary/aromatic N) is 1. The molecule has 0 fully saturated rings. The van der Waals surface area contributed by atoms with Crippen LogP contribution >= 0.6 is 0 Å². The van der Waals surface area contributed by atoms with E-state index < -0.39 is 16.3 Å². The van der Waals surface area contributed by atoms with Crippen molar-refractivity contribution in [3.05, 3.63) is 41.1 Å². The molecule has 0 radical (unpaired) electrons. The van der Waals surface area contributed by atoms with Crippen molar-refractivity contribution in [2.45, 2.75) is 70.4 Å². The minimum absolute atomic E-state index is 0.105.